The van der Waals surface area contributed by atoms with Gasteiger partial charge in [0.05, 0.1) is 7.11 Å². The Morgan fingerprint density at radius 2 is 1.13 bits per heavy atom. The van der Waals surface area contributed by atoms with E-state index in [-0.39, 0.29) is 11.9 Å². The number of hydrogen-bond acceptors (Lipinski definition) is 8. The number of nitrogens with one attached hydrogen (secondary N) is 4. The fourth-order valence-corrected chi connectivity index (χ4v) is 4.09. The summed E-state index contributed by atoms with van der Waals surface area (Å²) in [5.41, 5.74) is 6.88. The number of carbonyl (C=O) groups excluding carboxylic acids is 1. The third kappa shape index (κ3) is 7.19. The van der Waals surface area contributed by atoms with Crippen LogP contribution in [0, 0.1) is 27.7 Å². The van der Waals surface area contributed by atoms with Gasteiger partial charge in [0.15, 0.2) is 0 Å². The van der Waals surface area contributed by atoms with Crippen LogP contribution in [-0.4, -0.2) is 34.0 Å². The summed E-state index contributed by atoms with van der Waals surface area (Å²) in [6.45, 7) is 9.89. The lowest BCUT2D eigenvalue weighted by Gasteiger charge is -2.16. The largest absolute Gasteiger partial charge is 0.497 e. The second kappa shape index (κ2) is 11.6. The molecule has 3 aromatic carbocycles. The highest BCUT2D eigenvalue weighted by Crippen LogP contribution is 2.22. The molecule has 1 aromatic heterocycles. The summed E-state index contributed by atoms with van der Waals surface area (Å²) in [5.74, 6) is 1.44. The zero-order chi connectivity index (χ0) is 27.2. The number of ether oxygens (including phenoxy) is 1. The zero-order valence-corrected chi connectivity index (χ0v) is 22.5. The van der Waals surface area contributed by atoms with Crippen molar-refractivity contribution in [1.82, 2.24) is 15.0 Å². The van der Waals surface area contributed by atoms with Crippen LogP contribution in [0.15, 0.2) is 60.7 Å². The Balaban J connectivity index is 1.58. The van der Waals surface area contributed by atoms with Gasteiger partial charge in [-0.2, -0.15) is 15.0 Å². The molecule has 38 heavy (non-hydrogen) atoms. The van der Waals surface area contributed by atoms with Crippen molar-refractivity contribution < 1.29 is 9.53 Å². The first-order chi connectivity index (χ1) is 18.2. The molecule has 0 saturated heterocycles. The molecule has 4 N–H and O–H groups in total. The smallest absolute Gasteiger partial charge is 0.246 e. The molecule has 0 radical (unpaired) electrons. The Morgan fingerprint density at radius 1 is 0.684 bits per heavy atom. The van der Waals surface area contributed by atoms with Crippen LogP contribution in [0.1, 0.15) is 29.2 Å². The molecule has 1 amide bonds. The van der Waals surface area contributed by atoms with Gasteiger partial charge in [0, 0.05) is 17.1 Å². The standard InChI is InChI=1S/C29H33N7O2/c1-17-11-18(2)14-23(13-17)32-28-34-27(35-29(36-28)33-24-15-19(3)12-20(4)16-24)30-21(5)26(37)31-22-7-9-25(38-6)10-8-22/h7-16,21H,1-6H3,(H,31,37)(H3,30,32,33,34,35,36). The van der Waals surface area contributed by atoms with E-state index in [2.05, 4.69) is 48.4 Å². The van der Waals surface area contributed by atoms with Crippen molar-refractivity contribution in [1.29, 1.82) is 0 Å². The molecule has 0 fully saturated rings. The number of methoxy groups -OCH3 is 1. The Kier molecular flexibility index (Phi) is 8.06. The highest BCUT2D eigenvalue weighted by Gasteiger charge is 2.16. The van der Waals surface area contributed by atoms with Crippen molar-refractivity contribution in [3.8, 4) is 5.75 Å². The van der Waals surface area contributed by atoms with E-state index in [0.29, 0.717) is 23.3 Å². The van der Waals surface area contributed by atoms with Gasteiger partial charge in [-0.05, 0) is 105 Å². The average Bonchev–Trinajstić information content (AvgIpc) is 2.83. The Hall–Kier alpha value is -4.66. The number of rotatable bonds is 9. The molecule has 9 nitrogen and oxygen atoms in total. The quantitative estimate of drug-likeness (QED) is 0.215. The molecule has 9 heteroatoms. The van der Waals surface area contributed by atoms with E-state index in [1.165, 1.54) is 0 Å². The van der Waals surface area contributed by atoms with Crippen LogP contribution in [0.25, 0.3) is 0 Å². The first-order valence-corrected chi connectivity index (χ1v) is 12.3. The van der Waals surface area contributed by atoms with Crippen molar-refractivity contribution in [3.63, 3.8) is 0 Å². The van der Waals surface area contributed by atoms with Gasteiger partial charge in [0.25, 0.3) is 0 Å². The molecule has 0 aliphatic carbocycles. The fraction of sp³-hybridized carbons (Fsp3) is 0.241. The van der Waals surface area contributed by atoms with E-state index in [4.69, 9.17) is 4.74 Å². The molecular formula is C29H33N7O2. The summed E-state index contributed by atoms with van der Waals surface area (Å²) in [6.07, 6.45) is 0. The number of aromatic nitrogens is 3. The van der Waals surface area contributed by atoms with E-state index >= 15 is 0 Å². The molecule has 196 valence electrons. The fourth-order valence-electron chi connectivity index (χ4n) is 4.09. The lowest BCUT2D eigenvalue weighted by Crippen LogP contribution is -2.32. The lowest BCUT2D eigenvalue weighted by molar-refractivity contribution is -0.116. The van der Waals surface area contributed by atoms with Gasteiger partial charge < -0.3 is 26.0 Å². The number of anilines is 6. The molecule has 1 heterocycles. The van der Waals surface area contributed by atoms with Crippen LogP contribution in [0.3, 0.4) is 0 Å². The van der Waals surface area contributed by atoms with Gasteiger partial charge in [-0.3, -0.25) is 4.79 Å². The van der Waals surface area contributed by atoms with E-state index in [1.807, 2.05) is 52.0 Å². The van der Waals surface area contributed by atoms with Crippen molar-refractivity contribution in [2.24, 2.45) is 0 Å². The summed E-state index contributed by atoms with van der Waals surface area (Å²) in [4.78, 5) is 26.5. The molecule has 0 saturated carbocycles. The summed E-state index contributed by atoms with van der Waals surface area (Å²) in [5, 5.41) is 12.5. The van der Waals surface area contributed by atoms with Gasteiger partial charge >= 0.3 is 0 Å². The highest BCUT2D eigenvalue weighted by molar-refractivity contribution is 5.96. The van der Waals surface area contributed by atoms with Crippen molar-refractivity contribution >= 4 is 40.8 Å². The van der Waals surface area contributed by atoms with Gasteiger partial charge in [-0.1, -0.05) is 12.1 Å². The van der Waals surface area contributed by atoms with Crippen LogP contribution in [0.5, 0.6) is 5.75 Å². The third-order valence-corrected chi connectivity index (χ3v) is 5.69. The van der Waals surface area contributed by atoms with Crippen molar-refractivity contribution in [2.75, 3.05) is 28.4 Å². The number of carbonyl (C=O) groups is 1. The SMILES string of the molecule is COc1ccc(NC(=O)C(C)Nc2nc(Nc3cc(C)cc(C)c3)nc(Nc3cc(C)cc(C)c3)n2)cc1. The maximum absolute atomic E-state index is 12.9. The molecule has 0 aliphatic rings. The molecule has 0 bridgehead atoms. The minimum absolute atomic E-state index is 0.233. The number of hydrogen-bond donors (Lipinski definition) is 4. The molecule has 0 spiro atoms. The summed E-state index contributed by atoms with van der Waals surface area (Å²) in [6, 6.07) is 18.8. The molecule has 4 rings (SSSR count). The van der Waals surface area contributed by atoms with Crippen LogP contribution < -0.4 is 26.0 Å². The molecule has 4 aromatic rings. The van der Waals surface area contributed by atoms with Crippen LogP contribution >= 0.6 is 0 Å². The molecule has 1 atom stereocenters. The lowest BCUT2D eigenvalue weighted by atomic mass is 10.1. The summed E-state index contributed by atoms with van der Waals surface area (Å²) in [7, 11) is 1.60. The monoisotopic (exact) mass is 511 g/mol. The van der Waals surface area contributed by atoms with Crippen molar-refractivity contribution in [3.05, 3.63) is 82.9 Å². The second-order valence-corrected chi connectivity index (χ2v) is 9.39. The van der Waals surface area contributed by atoms with E-state index in [0.717, 1.165) is 33.6 Å². The molecular weight excluding hydrogens is 478 g/mol. The Bertz CT molecular complexity index is 1330. The Morgan fingerprint density at radius 3 is 1.58 bits per heavy atom. The summed E-state index contributed by atoms with van der Waals surface area (Å²) < 4.78 is 5.17. The van der Waals surface area contributed by atoms with E-state index in [9.17, 15) is 4.79 Å². The minimum atomic E-state index is -0.623. The van der Waals surface area contributed by atoms with Gasteiger partial charge in [-0.15, -0.1) is 0 Å². The van der Waals surface area contributed by atoms with Crippen molar-refractivity contribution in [2.45, 2.75) is 40.7 Å². The maximum Gasteiger partial charge on any atom is 0.246 e. The number of amides is 1. The topological polar surface area (TPSA) is 113 Å². The van der Waals surface area contributed by atoms with Gasteiger partial charge in [0.1, 0.15) is 11.8 Å². The molecule has 0 aliphatic heterocycles. The normalized spacial score (nSPS) is 11.4. The third-order valence-electron chi connectivity index (χ3n) is 5.69. The average molecular weight is 512 g/mol. The van der Waals surface area contributed by atoms with E-state index < -0.39 is 6.04 Å². The first-order valence-electron chi connectivity index (χ1n) is 12.3. The summed E-state index contributed by atoms with van der Waals surface area (Å²) >= 11 is 0. The Labute approximate surface area is 223 Å². The maximum atomic E-state index is 12.9. The number of benzene rings is 3. The van der Waals surface area contributed by atoms with Crippen LogP contribution in [-0.2, 0) is 4.79 Å². The molecule has 1 unspecified atom stereocenters. The number of nitrogens with zero attached hydrogens (tertiary/aromatic N) is 3. The zero-order valence-electron chi connectivity index (χ0n) is 22.5. The van der Waals surface area contributed by atoms with Gasteiger partial charge in [-0.25, -0.2) is 0 Å². The predicted octanol–water partition coefficient (Wildman–Crippen LogP) is 6.04. The van der Waals surface area contributed by atoms with Crippen LogP contribution in [0.4, 0.5) is 34.9 Å². The second-order valence-electron chi connectivity index (χ2n) is 9.39. The predicted molar refractivity (Wildman–Crippen MR) is 153 cm³/mol. The first kappa shape index (κ1) is 26.4. The van der Waals surface area contributed by atoms with Gasteiger partial charge in [0.2, 0.25) is 23.8 Å². The van der Waals surface area contributed by atoms with Crippen LogP contribution in [0.2, 0.25) is 0 Å². The number of aryl methyl sites for hydroxylation is 4. The highest BCUT2D eigenvalue weighted by atomic mass is 16.5. The minimum Gasteiger partial charge on any atom is -0.497 e. The van der Waals surface area contributed by atoms with E-state index in [1.54, 1.807) is 38.3 Å².